The van der Waals surface area contributed by atoms with Crippen molar-refractivity contribution in [3.63, 3.8) is 0 Å². The van der Waals surface area contributed by atoms with Crippen molar-refractivity contribution in [2.24, 2.45) is 0 Å². The first kappa shape index (κ1) is 23.7. The Morgan fingerprint density at radius 3 is 1.81 bits per heavy atom. The van der Waals surface area contributed by atoms with Gasteiger partial charge in [-0.15, -0.1) is 28.5 Å². The van der Waals surface area contributed by atoms with Crippen molar-refractivity contribution < 1.29 is 20.8 Å². The fourth-order valence-electron chi connectivity index (χ4n) is 3.67. The maximum atomic E-state index is 4.93. The average Bonchev–Trinajstić information content (AvgIpc) is 3.03. The standard InChI is InChI=1S/C12H13.C11H17.2ClH.Zr/c1-8-4-10(3)12-7-9(2)6-11(12)5-8;1-6-11-9(4)7(2)8(3)10(11)5;;;/h4-7H,1-3H3;6H2,1-5H3;2*1H;/q2*-1;;;+4/p-2. The third kappa shape index (κ3) is 5.82. The number of benzene rings is 1. The Hall–Kier alpha value is -0.357. The Bertz CT molecular complexity index is 828. The molecular weight excluding hydrogens is 438 g/mol. The van der Waals surface area contributed by atoms with Crippen molar-refractivity contribution in [1.29, 1.82) is 0 Å². The summed E-state index contributed by atoms with van der Waals surface area (Å²) < 4.78 is 0. The Morgan fingerprint density at radius 1 is 0.885 bits per heavy atom. The van der Waals surface area contributed by atoms with Crippen LogP contribution in [0.3, 0.4) is 0 Å². The molecule has 26 heavy (non-hydrogen) atoms. The van der Waals surface area contributed by atoms with Gasteiger partial charge in [-0.05, 0) is 13.8 Å². The molecule has 3 aromatic carbocycles. The first-order valence-corrected chi connectivity index (χ1v) is 15.3. The molecule has 0 nitrogen and oxygen atoms in total. The van der Waals surface area contributed by atoms with E-state index in [1.54, 1.807) is 5.56 Å². The Balaban J connectivity index is 0.000000227. The molecular formula is C23H30Cl2Zr. The van der Waals surface area contributed by atoms with Crippen molar-refractivity contribution in [2.45, 2.75) is 61.8 Å². The molecule has 0 saturated heterocycles. The van der Waals surface area contributed by atoms with Gasteiger partial charge in [0.2, 0.25) is 0 Å². The van der Waals surface area contributed by atoms with Crippen LogP contribution in [-0.4, -0.2) is 0 Å². The summed E-state index contributed by atoms with van der Waals surface area (Å²) in [5.74, 6) is 0. The topological polar surface area (TPSA) is 0 Å². The molecule has 0 atom stereocenters. The predicted octanol–water partition coefficient (Wildman–Crippen LogP) is 8.06. The van der Waals surface area contributed by atoms with Gasteiger partial charge in [-0.25, -0.2) is 0 Å². The van der Waals surface area contributed by atoms with Crippen LogP contribution in [0, 0.1) is 48.5 Å². The quantitative estimate of drug-likeness (QED) is 0.317. The van der Waals surface area contributed by atoms with E-state index in [1.807, 2.05) is 0 Å². The number of halogens is 2. The minimum absolute atomic E-state index is 0.826. The van der Waals surface area contributed by atoms with Crippen LogP contribution in [0.1, 0.15) is 51.4 Å². The molecule has 0 unspecified atom stereocenters. The fraction of sp³-hybridized carbons (Fsp3) is 0.391. The Kier molecular flexibility index (Phi) is 9.88. The van der Waals surface area contributed by atoms with Gasteiger partial charge in [0.05, 0.1) is 0 Å². The summed E-state index contributed by atoms with van der Waals surface area (Å²) in [5.41, 5.74) is 11.6. The summed E-state index contributed by atoms with van der Waals surface area (Å²) in [6.45, 7) is 17.6. The van der Waals surface area contributed by atoms with Crippen molar-refractivity contribution in [2.75, 3.05) is 0 Å². The second-order valence-corrected chi connectivity index (χ2v) is 10.8. The van der Waals surface area contributed by atoms with Crippen LogP contribution in [0.2, 0.25) is 0 Å². The maximum absolute atomic E-state index is 4.93. The average molecular weight is 469 g/mol. The second kappa shape index (κ2) is 10.8. The molecule has 0 N–H and O–H groups in total. The zero-order chi connectivity index (χ0) is 20.0. The van der Waals surface area contributed by atoms with Crippen molar-refractivity contribution in [1.82, 2.24) is 0 Å². The van der Waals surface area contributed by atoms with Gasteiger partial charge in [0.15, 0.2) is 0 Å². The number of fused-ring (bicyclic) bond motifs is 1. The van der Waals surface area contributed by atoms with Gasteiger partial charge in [-0.1, -0.05) is 65.2 Å². The van der Waals surface area contributed by atoms with Crippen LogP contribution in [0.5, 0.6) is 0 Å². The van der Waals surface area contributed by atoms with E-state index in [1.165, 1.54) is 56.1 Å². The van der Waals surface area contributed by atoms with E-state index < -0.39 is 20.8 Å². The summed E-state index contributed by atoms with van der Waals surface area (Å²) >= 11 is -0.826. The summed E-state index contributed by atoms with van der Waals surface area (Å²) in [5, 5.41) is 2.78. The summed E-state index contributed by atoms with van der Waals surface area (Å²) in [6.07, 6.45) is 1.17. The van der Waals surface area contributed by atoms with Crippen LogP contribution in [0.4, 0.5) is 0 Å². The van der Waals surface area contributed by atoms with Crippen LogP contribution in [0.25, 0.3) is 10.8 Å². The molecule has 0 aromatic heterocycles. The first-order valence-electron chi connectivity index (χ1n) is 9.00. The van der Waals surface area contributed by atoms with E-state index in [2.05, 4.69) is 79.7 Å². The predicted molar refractivity (Wildman–Crippen MR) is 116 cm³/mol. The third-order valence-electron chi connectivity index (χ3n) is 5.26. The molecule has 140 valence electrons. The van der Waals surface area contributed by atoms with E-state index >= 15 is 0 Å². The summed E-state index contributed by atoms with van der Waals surface area (Å²) in [6, 6.07) is 8.98. The first-order chi connectivity index (χ1) is 12.2. The molecule has 0 aliphatic rings. The molecule has 0 heterocycles. The zero-order valence-electron chi connectivity index (χ0n) is 17.3. The van der Waals surface area contributed by atoms with Crippen molar-refractivity contribution in [3.8, 4) is 0 Å². The van der Waals surface area contributed by atoms with Crippen LogP contribution in [-0.2, 0) is 27.3 Å². The van der Waals surface area contributed by atoms with Crippen LogP contribution in [0.15, 0.2) is 24.3 Å². The number of hydrogen-bond donors (Lipinski definition) is 0. The molecule has 0 amide bonds. The molecule has 0 fully saturated rings. The van der Waals surface area contributed by atoms with E-state index in [0.717, 1.165) is 0 Å². The summed E-state index contributed by atoms with van der Waals surface area (Å²) in [4.78, 5) is 0. The molecule has 0 radical (unpaired) electrons. The molecule has 3 aromatic rings. The second-order valence-electron chi connectivity index (χ2n) is 7.02. The number of hydrogen-bond acceptors (Lipinski definition) is 0. The SMILES string of the molecule is CC[c-]1c(C)c(C)c(C)c1C.Cc1cc(C)c2cc(C)[cH-]c2c1.[Cl][Zr+2][Cl]. The molecule has 0 bridgehead atoms. The Labute approximate surface area is 178 Å². The fourth-order valence-corrected chi connectivity index (χ4v) is 3.67. The Morgan fingerprint density at radius 2 is 1.38 bits per heavy atom. The van der Waals surface area contributed by atoms with Gasteiger partial charge in [-0.3, -0.25) is 0 Å². The third-order valence-corrected chi connectivity index (χ3v) is 5.26. The van der Waals surface area contributed by atoms with Gasteiger partial charge in [0.25, 0.3) is 0 Å². The molecule has 0 saturated carbocycles. The molecule has 0 aliphatic heterocycles. The van der Waals surface area contributed by atoms with Gasteiger partial charge >= 0.3 is 37.9 Å². The number of aryl methyl sites for hydroxylation is 3. The van der Waals surface area contributed by atoms with Gasteiger partial charge in [0, 0.05) is 0 Å². The summed E-state index contributed by atoms with van der Waals surface area (Å²) in [7, 11) is 9.87. The van der Waals surface area contributed by atoms with Gasteiger partial charge in [0.1, 0.15) is 0 Å². The molecule has 0 aliphatic carbocycles. The zero-order valence-corrected chi connectivity index (χ0v) is 21.2. The molecule has 3 rings (SSSR count). The van der Waals surface area contributed by atoms with Gasteiger partial charge < -0.3 is 0 Å². The monoisotopic (exact) mass is 466 g/mol. The van der Waals surface area contributed by atoms with E-state index in [9.17, 15) is 0 Å². The number of rotatable bonds is 1. The molecule has 0 spiro atoms. The molecule has 3 heteroatoms. The van der Waals surface area contributed by atoms with Gasteiger partial charge in [-0.2, -0.15) is 33.9 Å². The van der Waals surface area contributed by atoms with Crippen LogP contribution < -0.4 is 0 Å². The van der Waals surface area contributed by atoms with E-state index in [0.29, 0.717) is 0 Å². The minimum atomic E-state index is -0.826. The van der Waals surface area contributed by atoms with Crippen molar-refractivity contribution >= 4 is 27.8 Å². The van der Waals surface area contributed by atoms with Crippen LogP contribution >= 0.6 is 17.0 Å². The van der Waals surface area contributed by atoms with E-state index in [-0.39, 0.29) is 0 Å². The van der Waals surface area contributed by atoms with Crippen molar-refractivity contribution in [3.05, 3.63) is 68.8 Å². The van der Waals surface area contributed by atoms with E-state index in [4.69, 9.17) is 17.0 Å². The normalized spacial score (nSPS) is 9.92.